The molecule has 0 aliphatic heterocycles. The first kappa shape index (κ1) is 11.7. The maximum atomic E-state index is 11.7. The van der Waals surface area contributed by atoms with Crippen molar-refractivity contribution in [2.45, 2.75) is 6.16 Å². The van der Waals surface area contributed by atoms with Crippen LogP contribution in [-0.2, 0) is 19.8 Å². The van der Waals surface area contributed by atoms with Gasteiger partial charge in [0, 0.05) is 19.2 Å². The average molecular weight is 234 g/mol. The zero-order chi connectivity index (χ0) is 10.6. The number of hydrogen-bond donors (Lipinski definition) is 0. The predicted octanol–water partition coefficient (Wildman–Crippen LogP) is 3.13. The third-order valence-electron chi connectivity index (χ3n) is 1.74. The van der Waals surface area contributed by atoms with E-state index in [2.05, 4.69) is 6.07 Å². The predicted molar refractivity (Wildman–Crippen MR) is 55.6 cm³/mol. The number of halogens is 1. The van der Waals surface area contributed by atoms with Gasteiger partial charge < -0.3 is 9.05 Å². The Hall–Kier alpha value is -0.340. The third-order valence-corrected chi connectivity index (χ3v) is 3.82. The molecule has 1 aromatic rings. The molecule has 0 saturated heterocycles. The van der Waals surface area contributed by atoms with Crippen LogP contribution in [-0.4, -0.2) is 14.2 Å². The first-order chi connectivity index (χ1) is 6.59. The van der Waals surface area contributed by atoms with Crippen LogP contribution in [0.4, 0.5) is 0 Å². The van der Waals surface area contributed by atoms with Gasteiger partial charge in [0.05, 0.1) is 6.16 Å². The first-order valence-electron chi connectivity index (χ1n) is 3.96. The number of rotatable bonds is 4. The fourth-order valence-electron chi connectivity index (χ4n) is 0.988. The Morgan fingerprint density at radius 1 is 1.50 bits per heavy atom. The van der Waals surface area contributed by atoms with E-state index in [1.807, 2.05) is 0 Å². The fourth-order valence-corrected chi connectivity index (χ4v) is 2.19. The fraction of sp³-hybridized carbons (Fsp3) is 0.333. The summed E-state index contributed by atoms with van der Waals surface area (Å²) in [6.45, 7) is 0. The summed E-state index contributed by atoms with van der Waals surface area (Å²) in [6.07, 6.45) is 0.181. The van der Waals surface area contributed by atoms with Crippen LogP contribution in [0.25, 0.3) is 0 Å². The molecular weight excluding hydrogens is 223 g/mol. The molecule has 0 spiro atoms. The van der Waals surface area contributed by atoms with E-state index in [1.165, 1.54) is 14.2 Å². The molecule has 0 unspecified atom stereocenters. The molecule has 5 heteroatoms. The van der Waals surface area contributed by atoms with Crippen molar-refractivity contribution in [1.29, 1.82) is 0 Å². The summed E-state index contributed by atoms with van der Waals surface area (Å²) in [4.78, 5) is 0. The molecule has 0 aromatic heterocycles. The second-order valence-corrected chi connectivity index (χ2v) is 5.37. The van der Waals surface area contributed by atoms with Gasteiger partial charge in [-0.15, -0.1) is 0 Å². The lowest BCUT2D eigenvalue weighted by Gasteiger charge is -2.13. The largest absolute Gasteiger partial charge is 0.334 e. The lowest BCUT2D eigenvalue weighted by molar-refractivity contribution is 0.275. The molecular formula is C9H11ClO3P. The zero-order valence-corrected chi connectivity index (χ0v) is 9.64. The molecule has 0 saturated carbocycles. The van der Waals surface area contributed by atoms with Crippen molar-refractivity contribution in [3.05, 3.63) is 34.9 Å². The van der Waals surface area contributed by atoms with E-state index in [9.17, 15) is 4.57 Å². The quantitative estimate of drug-likeness (QED) is 0.750. The Kier molecular flexibility index (Phi) is 4.14. The summed E-state index contributed by atoms with van der Waals surface area (Å²) < 4.78 is 21.3. The minimum absolute atomic E-state index is 0.181. The lowest BCUT2D eigenvalue weighted by atomic mass is 10.2. The molecule has 0 aliphatic carbocycles. The van der Waals surface area contributed by atoms with Crippen LogP contribution < -0.4 is 0 Å². The van der Waals surface area contributed by atoms with Crippen molar-refractivity contribution in [3.63, 3.8) is 0 Å². The lowest BCUT2D eigenvalue weighted by Crippen LogP contribution is -1.93. The second-order valence-electron chi connectivity index (χ2n) is 2.67. The van der Waals surface area contributed by atoms with Crippen LogP contribution in [0, 0.1) is 6.07 Å². The maximum Gasteiger partial charge on any atom is 0.334 e. The summed E-state index contributed by atoms with van der Waals surface area (Å²) in [7, 11) is -0.301. The van der Waals surface area contributed by atoms with Gasteiger partial charge in [0.1, 0.15) is 0 Å². The van der Waals surface area contributed by atoms with Crippen molar-refractivity contribution in [2.75, 3.05) is 14.2 Å². The van der Waals surface area contributed by atoms with Gasteiger partial charge >= 0.3 is 7.60 Å². The normalized spacial score (nSPS) is 11.6. The van der Waals surface area contributed by atoms with E-state index in [1.54, 1.807) is 18.2 Å². The Bertz CT molecular complexity index is 346. The van der Waals surface area contributed by atoms with Crippen molar-refractivity contribution in [1.82, 2.24) is 0 Å². The first-order valence-corrected chi connectivity index (χ1v) is 6.07. The van der Waals surface area contributed by atoms with E-state index < -0.39 is 7.60 Å². The molecule has 1 radical (unpaired) electrons. The monoisotopic (exact) mass is 233 g/mol. The highest BCUT2D eigenvalue weighted by Crippen LogP contribution is 2.49. The van der Waals surface area contributed by atoms with Gasteiger partial charge in [-0.2, -0.15) is 0 Å². The van der Waals surface area contributed by atoms with Crippen molar-refractivity contribution >= 4 is 19.2 Å². The van der Waals surface area contributed by atoms with Crippen molar-refractivity contribution < 1.29 is 13.6 Å². The van der Waals surface area contributed by atoms with Gasteiger partial charge in [-0.1, -0.05) is 17.7 Å². The van der Waals surface area contributed by atoms with Gasteiger partial charge in [-0.3, -0.25) is 4.57 Å². The molecule has 1 rings (SSSR count). The van der Waals surface area contributed by atoms with Crippen molar-refractivity contribution in [3.8, 4) is 0 Å². The topological polar surface area (TPSA) is 35.5 Å². The molecule has 0 fully saturated rings. The average Bonchev–Trinajstić information content (AvgIpc) is 2.18. The molecule has 0 bridgehead atoms. The highest BCUT2D eigenvalue weighted by molar-refractivity contribution is 7.52. The molecule has 14 heavy (non-hydrogen) atoms. The van der Waals surface area contributed by atoms with E-state index in [-0.39, 0.29) is 6.16 Å². The SMILES string of the molecule is COP(=O)(Cc1[c]ccc(Cl)c1)OC. The zero-order valence-electron chi connectivity index (χ0n) is 7.99. The van der Waals surface area contributed by atoms with Gasteiger partial charge in [-0.05, 0) is 23.8 Å². The summed E-state index contributed by atoms with van der Waals surface area (Å²) in [5, 5.41) is 0.581. The number of benzene rings is 1. The van der Waals surface area contributed by atoms with Crippen LogP contribution in [0.5, 0.6) is 0 Å². The van der Waals surface area contributed by atoms with Gasteiger partial charge in [0.25, 0.3) is 0 Å². The van der Waals surface area contributed by atoms with E-state index in [4.69, 9.17) is 20.6 Å². The highest BCUT2D eigenvalue weighted by Gasteiger charge is 2.21. The van der Waals surface area contributed by atoms with E-state index >= 15 is 0 Å². The molecule has 3 nitrogen and oxygen atoms in total. The van der Waals surface area contributed by atoms with Gasteiger partial charge in [-0.25, -0.2) is 0 Å². The maximum absolute atomic E-state index is 11.7. The summed E-state index contributed by atoms with van der Waals surface area (Å²) >= 11 is 5.77. The highest BCUT2D eigenvalue weighted by atomic mass is 35.5. The Morgan fingerprint density at radius 2 is 2.14 bits per heavy atom. The second kappa shape index (κ2) is 4.94. The standard InChI is InChI=1S/C9H11ClO3P/c1-12-14(11,13-2)7-8-4-3-5-9(10)6-8/h3,5-6H,7H2,1-2H3. The summed E-state index contributed by atoms with van der Waals surface area (Å²) in [5.41, 5.74) is 0.713. The summed E-state index contributed by atoms with van der Waals surface area (Å²) in [5.74, 6) is 0. The van der Waals surface area contributed by atoms with Gasteiger partial charge in [0.2, 0.25) is 0 Å². The minimum atomic E-state index is -3.01. The van der Waals surface area contributed by atoms with Crippen LogP contribution >= 0.6 is 19.2 Å². The summed E-state index contributed by atoms with van der Waals surface area (Å²) in [6, 6.07) is 7.98. The van der Waals surface area contributed by atoms with Crippen LogP contribution in [0.3, 0.4) is 0 Å². The molecule has 0 atom stereocenters. The van der Waals surface area contributed by atoms with Crippen LogP contribution in [0.2, 0.25) is 5.02 Å². The van der Waals surface area contributed by atoms with Gasteiger partial charge in [0.15, 0.2) is 0 Å². The Morgan fingerprint density at radius 3 is 2.64 bits per heavy atom. The number of hydrogen-bond acceptors (Lipinski definition) is 3. The van der Waals surface area contributed by atoms with E-state index in [0.717, 1.165) is 0 Å². The van der Waals surface area contributed by atoms with E-state index in [0.29, 0.717) is 10.6 Å². The molecule has 0 N–H and O–H groups in total. The Labute approximate surface area is 88.5 Å². The minimum Gasteiger partial charge on any atom is -0.312 e. The molecule has 1 aromatic carbocycles. The van der Waals surface area contributed by atoms with Crippen LogP contribution in [0.1, 0.15) is 5.56 Å². The third kappa shape index (κ3) is 3.10. The molecule has 0 aliphatic rings. The van der Waals surface area contributed by atoms with Crippen LogP contribution in [0.15, 0.2) is 18.2 Å². The molecule has 0 heterocycles. The molecule has 0 amide bonds. The van der Waals surface area contributed by atoms with Crippen molar-refractivity contribution in [2.24, 2.45) is 0 Å². The Balaban J connectivity index is 2.83. The molecule has 77 valence electrons. The smallest absolute Gasteiger partial charge is 0.312 e.